The molecule has 2 unspecified atom stereocenters. The first-order chi connectivity index (χ1) is 22.2. The van der Waals surface area contributed by atoms with Gasteiger partial charge in [0, 0.05) is 49.2 Å². The van der Waals surface area contributed by atoms with Gasteiger partial charge in [0.2, 0.25) is 11.9 Å². The quantitative estimate of drug-likeness (QED) is 0.364. The molecule has 13 nitrogen and oxygen atoms in total. The van der Waals surface area contributed by atoms with Crippen LogP contribution in [0.1, 0.15) is 30.1 Å². The SMILES string of the molecule is C[C@H]1COCCN1c1nc(-c2ccc(NC(=O)Nc3ccc(C(=O)N(C)CCN(C)C)cc3)cc2)nc(N2C3CCC2COC3)n1. The minimum absolute atomic E-state index is 0.0629. The molecule has 3 fully saturated rings. The van der Waals surface area contributed by atoms with Crippen LogP contribution in [0.3, 0.4) is 0 Å². The number of fused-ring (bicyclic) bond motifs is 2. The van der Waals surface area contributed by atoms with E-state index in [1.807, 2.05) is 43.3 Å². The van der Waals surface area contributed by atoms with Crippen LogP contribution >= 0.6 is 0 Å². The Bertz CT molecular complexity index is 1500. The van der Waals surface area contributed by atoms with Crippen LogP contribution in [0.5, 0.6) is 0 Å². The summed E-state index contributed by atoms with van der Waals surface area (Å²) in [5.41, 5.74) is 2.60. The molecule has 4 heterocycles. The first kappa shape index (κ1) is 31.6. The number of amides is 3. The van der Waals surface area contributed by atoms with Crippen molar-refractivity contribution >= 4 is 35.2 Å². The minimum atomic E-state index is -0.385. The van der Waals surface area contributed by atoms with E-state index >= 15 is 0 Å². The third-order valence-corrected chi connectivity index (χ3v) is 8.73. The molecule has 3 saturated heterocycles. The van der Waals surface area contributed by atoms with Gasteiger partial charge in [0.15, 0.2) is 5.82 Å². The molecule has 3 atom stereocenters. The second-order valence-corrected chi connectivity index (χ2v) is 12.5. The highest BCUT2D eigenvalue weighted by Crippen LogP contribution is 2.34. The van der Waals surface area contributed by atoms with Crippen molar-refractivity contribution in [2.75, 3.05) is 87.6 Å². The van der Waals surface area contributed by atoms with Gasteiger partial charge in [0.25, 0.3) is 5.91 Å². The predicted molar refractivity (Wildman–Crippen MR) is 178 cm³/mol. The number of likely N-dealkylation sites (N-methyl/N-ethyl adjacent to an activating group) is 2. The van der Waals surface area contributed by atoms with Gasteiger partial charge in [0.05, 0.1) is 44.6 Å². The predicted octanol–water partition coefficient (Wildman–Crippen LogP) is 3.41. The van der Waals surface area contributed by atoms with E-state index in [0.717, 1.165) is 24.9 Å². The largest absolute Gasteiger partial charge is 0.377 e. The van der Waals surface area contributed by atoms with Gasteiger partial charge in [-0.05, 0) is 82.4 Å². The summed E-state index contributed by atoms with van der Waals surface area (Å²) < 4.78 is 11.5. The fourth-order valence-electron chi connectivity index (χ4n) is 6.07. The molecule has 13 heteroatoms. The highest BCUT2D eigenvalue weighted by molar-refractivity contribution is 6.00. The molecule has 6 rings (SSSR count). The molecule has 1 aromatic heterocycles. The lowest BCUT2D eigenvalue weighted by atomic mass is 10.2. The van der Waals surface area contributed by atoms with Crippen molar-refractivity contribution in [3.63, 3.8) is 0 Å². The van der Waals surface area contributed by atoms with E-state index in [9.17, 15) is 9.59 Å². The standard InChI is InChI=1S/C33H43N9O4/c1-22-19-45-18-17-41(22)31-36-29(37-32(38-31)42-27-13-14-28(42)21-46-20-27)23-5-9-25(10-6-23)34-33(44)35-26-11-7-24(8-12-26)30(43)40(4)16-15-39(2)3/h5-12,22,27-28H,13-21H2,1-4H3,(H2,34,35,44)/t22-,27?,28?/m0/s1. The Morgan fingerprint density at radius 1 is 0.826 bits per heavy atom. The van der Waals surface area contributed by atoms with Crippen molar-refractivity contribution in [1.29, 1.82) is 0 Å². The Morgan fingerprint density at radius 2 is 1.46 bits per heavy atom. The summed E-state index contributed by atoms with van der Waals surface area (Å²) in [5, 5.41) is 5.71. The number of urea groups is 1. The van der Waals surface area contributed by atoms with E-state index < -0.39 is 0 Å². The number of aromatic nitrogens is 3. The van der Waals surface area contributed by atoms with Crippen molar-refractivity contribution in [1.82, 2.24) is 24.8 Å². The lowest BCUT2D eigenvalue weighted by Gasteiger charge is -2.36. The normalized spacial score (nSPS) is 20.9. The number of carbonyl (C=O) groups is 2. The third-order valence-electron chi connectivity index (χ3n) is 8.73. The molecule has 244 valence electrons. The zero-order valence-electron chi connectivity index (χ0n) is 27.0. The second-order valence-electron chi connectivity index (χ2n) is 12.5. The van der Waals surface area contributed by atoms with Crippen LogP contribution in [-0.2, 0) is 9.47 Å². The number of morpholine rings is 2. The van der Waals surface area contributed by atoms with Crippen LogP contribution in [0, 0.1) is 0 Å². The molecular formula is C33H43N9O4. The highest BCUT2D eigenvalue weighted by atomic mass is 16.5. The van der Waals surface area contributed by atoms with Gasteiger partial charge >= 0.3 is 6.03 Å². The lowest BCUT2D eigenvalue weighted by Crippen LogP contribution is -2.48. The number of nitrogens with one attached hydrogen (secondary N) is 2. The van der Waals surface area contributed by atoms with Crippen molar-refractivity contribution in [3.05, 3.63) is 54.1 Å². The molecule has 0 saturated carbocycles. The van der Waals surface area contributed by atoms with Gasteiger partial charge in [-0.1, -0.05) is 0 Å². The molecular weight excluding hydrogens is 586 g/mol. The molecule has 2 aromatic carbocycles. The lowest BCUT2D eigenvalue weighted by molar-refractivity contribution is 0.0786. The first-order valence-corrected chi connectivity index (χ1v) is 15.9. The summed E-state index contributed by atoms with van der Waals surface area (Å²) in [6, 6.07) is 14.7. The molecule has 0 aliphatic carbocycles. The Balaban J connectivity index is 1.13. The molecule has 3 aromatic rings. The van der Waals surface area contributed by atoms with Crippen molar-refractivity contribution in [2.24, 2.45) is 0 Å². The maximum atomic E-state index is 12.8. The zero-order chi connectivity index (χ0) is 32.2. The number of hydrogen-bond acceptors (Lipinski definition) is 10. The third kappa shape index (κ3) is 7.22. The van der Waals surface area contributed by atoms with Gasteiger partial charge in [-0.2, -0.15) is 15.0 Å². The molecule has 3 amide bonds. The highest BCUT2D eigenvalue weighted by Gasteiger charge is 2.39. The number of rotatable bonds is 9. The van der Waals surface area contributed by atoms with Crippen LogP contribution in [0.15, 0.2) is 48.5 Å². The van der Waals surface area contributed by atoms with Gasteiger partial charge < -0.3 is 39.7 Å². The summed E-state index contributed by atoms with van der Waals surface area (Å²) in [4.78, 5) is 48.5. The summed E-state index contributed by atoms with van der Waals surface area (Å²) in [6.07, 6.45) is 2.13. The van der Waals surface area contributed by atoms with Crippen molar-refractivity contribution < 1.29 is 19.1 Å². The maximum Gasteiger partial charge on any atom is 0.323 e. The van der Waals surface area contributed by atoms with Gasteiger partial charge in [-0.15, -0.1) is 0 Å². The molecule has 0 spiro atoms. The van der Waals surface area contributed by atoms with E-state index in [-0.39, 0.29) is 30.1 Å². The Hall–Kier alpha value is -4.33. The number of ether oxygens (including phenoxy) is 2. The molecule has 3 aliphatic heterocycles. The zero-order valence-corrected chi connectivity index (χ0v) is 27.0. The van der Waals surface area contributed by atoms with E-state index in [1.165, 1.54) is 0 Å². The number of carbonyl (C=O) groups excluding carboxylic acids is 2. The molecule has 2 bridgehead atoms. The number of nitrogens with zero attached hydrogens (tertiary/aromatic N) is 7. The average molecular weight is 630 g/mol. The fourth-order valence-corrected chi connectivity index (χ4v) is 6.07. The minimum Gasteiger partial charge on any atom is -0.377 e. The van der Waals surface area contributed by atoms with Crippen molar-refractivity contribution in [2.45, 2.75) is 37.9 Å². The van der Waals surface area contributed by atoms with Gasteiger partial charge in [-0.3, -0.25) is 4.79 Å². The monoisotopic (exact) mass is 629 g/mol. The Morgan fingerprint density at radius 3 is 2.09 bits per heavy atom. The molecule has 0 radical (unpaired) electrons. The summed E-state index contributed by atoms with van der Waals surface area (Å²) >= 11 is 0. The average Bonchev–Trinajstić information content (AvgIpc) is 3.31. The summed E-state index contributed by atoms with van der Waals surface area (Å²) in [5.74, 6) is 1.86. The Kier molecular flexibility index (Phi) is 9.61. The number of benzene rings is 2. The van der Waals surface area contributed by atoms with Crippen molar-refractivity contribution in [3.8, 4) is 11.4 Å². The van der Waals surface area contributed by atoms with Crippen LogP contribution < -0.4 is 20.4 Å². The number of hydrogen-bond donors (Lipinski definition) is 2. The van der Waals surface area contributed by atoms with E-state index in [0.29, 0.717) is 74.2 Å². The maximum absolute atomic E-state index is 12.8. The molecule has 2 N–H and O–H groups in total. The second kappa shape index (κ2) is 14.0. The first-order valence-electron chi connectivity index (χ1n) is 15.9. The van der Waals surface area contributed by atoms with E-state index in [2.05, 4.69) is 27.4 Å². The van der Waals surface area contributed by atoms with Gasteiger partial charge in [0.1, 0.15) is 0 Å². The number of anilines is 4. The topological polar surface area (TPSA) is 128 Å². The van der Waals surface area contributed by atoms with Gasteiger partial charge in [-0.25, -0.2) is 4.79 Å². The van der Waals surface area contributed by atoms with Crippen LogP contribution in [0.2, 0.25) is 0 Å². The van der Waals surface area contributed by atoms with E-state index in [1.54, 1.807) is 36.2 Å². The fraction of sp³-hybridized carbons (Fsp3) is 0.485. The van der Waals surface area contributed by atoms with Crippen LogP contribution in [-0.4, -0.2) is 122 Å². The summed E-state index contributed by atoms with van der Waals surface area (Å²) in [7, 11) is 5.73. The molecule has 46 heavy (non-hydrogen) atoms. The van der Waals surface area contributed by atoms with Crippen LogP contribution in [0.25, 0.3) is 11.4 Å². The molecule has 3 aliphatic rings. The van der Waals surface area contributed by atoms with E-state index in [4.69, 9.17) is 24.4 Å². The summed E-state index contributed by atoms with van der Waals surface area (Å²) in [6.45, 7) is 6.85. The van der Waals surface area contributed by atoms with Crippen LogP contribution in [0.4, 0.5) is 28.1 Å². The Labute approximate surface area is 269 Å². The smallest absolute Gasteiger partial charge is 0.323 e.